The Morgan fingerprint density at radius 3 is 2.26 bits per heavy atom. The molecule has 11 nitrogen and oxygen atoms in total. The molecule has 11 heteroatoms. The van der Waals surface area contributed by atoms with Crippen molar-refractivity contribution in [3.63, 3.8) is 0 Å². The first-order valence-corrected chi connectivity index (χ1v) is 17.1. The Hall–Kier alpha value is -4.35. The molecule has 47 heavy (non-hydrogen) atoms. The van der Waals surface area contributed by atoms with Gasteiger partial charge in [0.15, 0.2) is 0 Å². The summed E-state index contributed by atoms with van der Waals surface area (Å²) in [5.41, 5.74) is 4.00. The second-order valence-electron chi connectivity index (χ2n) is 13.3. The van der Waals surface area contributed by atoms with Crippen molar-refractivity contribution >= 4 is 28.5 Å². The minimum Gasteiger partial charge on any atom is -0.368 e. The Morgan fingerprint density at radius 1 is 0.787 bits per heavy atom. The minimum absolute atomic E-state index is 0.0344. The van der Waals surface area contributed by atoms with Crippen LogP contribution in [0.5, 0.6) is 0 Å². The van der Waals surface area contributed by atoms with Crippen LogP contribution in [0, 0.1) is 5.92 Å². The van der Waals surface area contributed by atoms with Crippen molar-refractivity contribution in [1.29, 1.82) is 0 Å². The average Bonchev–Trinajstić information content (AvgIpc) is 3.96. The number of amides is 2. The zero-order chi connectivity index (χ0) is 31.7. The number of nitrogens with zero attached hydrogens (tertiary/aromatic N) is 5. The summed E-state index contributed by atoms with van der Waals surface area (Å²) in [7, 11) is 0. The van der Waals surface area contributed by atoms with Gasteiger partial charge < -0.3 is 29.6 Å². The molecule has 4 aliphatic heterocycles. The summed E-state index contributed by atoms with van der Waals surface area (Å²) in [6.45, 7) is 4.38. The van der Waals surface area contributed by atoms with Gasteiger partial charge in [-0.25, -0.2) is 15.0 Å². The van der Waals surface area contributed by atoms with Crippen LogP contribution in [0.2, 0.25) is 0 Å². The first kappa shape index (κ1) is 30.0. The molecule has 4 aromatic rings. The van der Waals surface area contributed by atoms with Gasteiger partial charge in [0.1, 0.15) is 18.0 Å². The minimum atomic E-state index is -0.304. The molecule has 244 valence electrons. The molecule has 0 saturated carbocycles. The third-order valence-electron chi connectivity index (χ3n) is 10.1. The number of carbonyl (C=O) groups is 2. The summed E-state index contributed by atoms with van der Waals surface area (Å²) in [5, 5.41) is 5.61. The summed E-state index contributed by atoms with van der Waals surface area (Å²) in [6, 6.07) is 12.8. The van der Waals surface area contributed by atoms with Crippen molar-refractivity contribution in [2.75, 3.05) is 44.7 Å². The fourth-order valence-electron chi connectivity index (χ4n) is 7.50. The number of aromatic amines is 1. The Morgan fingerprint density at radius 2 is 1.51 bits per heavy atom. The molecule has 0 bridgehead atoms. The van der Waals surface area contributed by atoms with E-state index in [0.717, 1.165) is 110 Å². The number of hydrogen-bond acceptors (Lipinski definition) is 8. The van der Waals surface area contributed by atoms with E-state index in [9.17, 15) is 9.59 Å². The van der Waals surface area contributed by atoms with E-state index in [1.165, 1.54) is 0 Å². The number of fused-ring (bicyclic) bond motifs is 1. The van der Waals surface area contributed by atoms with Crippen molar-refractivity contribution in [3.05, 3.63) is 60.8 Å². The van der Waals surface area contributed by atoms with Gasteiger partial charge in [0.2, 0.25) is 5.95 Å². The molecule has 2 aromatic carbocycles. The number of H-pyrrole nitrogens is 1. The van der Waals surface area contributed by atoms with Crippen LogP contribution in [0.15, 0.2) is 55.0 Å². The molecule has 2 N–H and O–H groups in total. The molecule has 4 atom stereocenters. The topological polar surface area (TPSA) is 126 Å². The number of hydrogen-bond donors (Lipinski definition) is 2. The number of ether oxygens (including phenoxy) is 2. The van der Waals surface area contributed by atoms with Crippen LogP contribution in [-0.2, 0) is 19.1 Å². The van der Waals surface area contributed by atoms with Gasteiger partial charge in [-0.3, -0.25) is 9.59 Å². The highest BCUT2D eigenvalue weighted by molar-refractivity contribution is 5.90. The van der Waals surface area contributed by atoms with E-state index in [-0.39, 0.29) is 30.1 Å². The van der Waals surface area contributed by atoms with Crippen molar-refractivity contribution in [1.82, 2.24) is 29.7 Å². The van der Waals surface area contributed by atoms with Crippen LogP contribution in [0.1, 0.15) is 56.8 Å². The lowest BCUT2D eigenvalue weighted by molar-refractivity contribution is -0.142. The van der Waals surface area contributed by atoms with Crippen LogP contribution in [0.3, 0.4) is 0 Å². The van der Waals surface area contributed by atoms with E-state index in [0.29, 0.717) is 25.1 Å². The molecule has 0 spiro atoms. The summed E-state index contributed by atoms with van der Waals surface area (Å²) < 4.78 is 11.3. The van der Waals surface area contributed by atoms with E-state index in [1.54, 1.807) is 0 Å². The van der Waals surface area contributed by atoms with Crippen molar-refractivity contribution in [2.24, 2.45) is 5.92 Å². The Labute approximate surface area is 274 Å². The van der Waals surface area contributed by atoms with Gasteiger partial charge >= 0.3 is 0 Å². The highest BCUT2D eigenvalue weighted by Gasteiger charge is 2.37. The third kappa shape index (κ3) is 6.21. The second kappa shape index (κ2) is 13.0. The Kier molecular flexibility index (Phi) is 8.33. The maximum Gasteiger partial charge on any atom is 0.252 e. The predicted molar refractivity (Wildman–Crippen MR) is 177 cm³/mol. The largest absolute Gasteiger partial charge is 0.368 e. The SMILES string of the molecule is O=C([C@H]1CCCO1)N1CC[C@H](CNc2ncc(-c3ccc4cc(-c5cnc([C@@H]6CCCN6C(=O)[C@H]6CCCO6)[nH]5)ccc4c3)cn2)C1. The second-order valence-corrected chi connectivity index (χ2v) is 13.3. The molecule has 4 saturated heterocycles. The summed E-state index contributed by atoms with van der Waals surface area (Å²) in [6.07, 6.45) is 11.4. The van der Waals surface area contributed by atoms with E-state index < -0.39 is 0 Å². The number of carbonyl (C=O) groups excluding carboxylic acids is 2. The average molecular weight is 636 g/mol. The van der Waals surface area contributed by atoms with E-state index in [1.807, 2.05) is 28.4 Å². The van der Waals surface area contributed by atoms with Gasteiger partial charge in [-0.1, -0.05) is 24.3 Å². The molecule has 0 unspecified atom stereocenters. The van der Waals surface area contributed by atoms with Crippen LogP contribution in [0.25, 0.3) is 33.2 Å². The maximum absolute atomic E-state index is 13.1. The molecule has 4 fully saturated rings. The smallest absolute Gasteiger partial charge is 0.252 e. The molecular weight excluding hydrogens is 594 g/mol. The Bertz CT molecular complexity index is 1750. The van der Waals surface area contributed by atoms with E-state index in [2.05, 4.69) is 56.7 Å². The lowest BCUT2D eigenvalue weighted by atomic mass is 10.0. The predicted octanol–water partition coefficient (Wildman–Crippen LogP) is 4.97. The fraction of sp³-hybridized carbons (Fsp3) is 0.472. The molecule has 0 aliphatic carbocycles. The van der Waals surface area contributed by atoms with Crippen molar-refractivity contribution in [2.45, 2.75) is 63.2 Å². The van der Waals surface area contributed by atoms with Crippen molar-refractivity contribution < 1.29 is 19.1 Å². The van der Waals surface area contributed by atoms with Gasteiger partial charge in [0.25, 0.3) is 11.8 Å². The Balaban J connectivity index is 0.891. The number of nitrogens with one attached hydrogen (secondary N) is 2. The first-order valence-electron chi connectivity index (χ1n) is 17.1. The molecule has 2 amide bonds. The van der Waals surface area contributed by atoms with Gasteiger partial charge in [-0.05, 0) is 79.3 Å². The number of aromatic nitrogens is 4. The summed E-state index contributed by atoms with van der Waals surface area (Å²) >= 11 is 0. The van der Waals surface area contributed by atoms with Gasteiger partial charge in [0, 0.05) is 62.9 Å². The van der Waals surface area contributed by atoms with Gasteiger partial charge in [-0.2, -0.15) is 0 Å². The number of imidazole rings is 1. The zero-order valence-corrected chi connectivity index (χ0v) is 26.6. The monoisotopic (exact) mass is 635 g/mol. The van der Waals surface area contributed by atoms with E-state index in [4.69, 9.17) is 14.5 Å². The number of anilines is 1. The van der Waals surface area contributed by atoms with E-state index >= 15 is 0 Å². The normalized spacial score (nSPS) is 24.4. The lowest BCUT2D eigenvalue weighted by Gasteiger charge is -2.25. The summed E-state index contributed by atoms with van der Waals surface area (Å²) in [4.78, 5) is 47.0. The molecular formula is C36H41N7O4. The van der Waals surface area contributed by atoms with Crippen molar-refractivity contribution in [3.8, 4) is 22.4 Å². The number of rotatable bonds is 8. The highest BCUT2D eigenvalue weighted by atomic mass is 16.5. The van der Waals surface area contributed by atoms with Crippen LogP contribution in [0.4, 0.5) is 5.95 Å². The molecule has 0 radical (unpaired) electrons. The third-order valence-corrected chi connectivity index (χ3v) is 10.1. The molecule has 4 aliphatic rings. The maximum atomic E-state index is 13.1. The van der Waals surface area contributed by atoms with Crippen LogP contribution < -0.4 is 5.32 Å². The standard InChI is InChI=1S/C36H41N7O4/c44-34(31-5-2-14-46-31)42-13-11-23(22-42)18-38-36-39-19-28(20-40-36)26-8-7-25-17-27(10-9-24(25)16-26)29-21-37-33(41-29)30-4-1-12-43(30)35(45)32-6-3-15-47-32/h7-10,16-17,19-21,23,30-32H,1-6,11-15,18,22H2,(H,37,41)(H,38,39,40)/t23-,30+,31-,32-/m1/s1. The number of likely N-dealkylation sites (tertiary alicyclic amines) is 2. The number of benzene rings is 2. The van der Waals surface area contributed by atoms with Gasteiger partial charge in [0.05, 0.1) is 17.9 Å². The quantitative estimate of drug-likeness (QED) is 0.278. The van der Waals surface area contributed by atoms with Gasteiger partial charge in [-0.15, -0.1) is 0 Å². The van der Waals surface area contributed by atoms with Crippen LogP contribution >= 0.6 is 0 Å². The molecule has 2 aromatic heterocycles. The highest BCUT2D eigenvalue weighted by Crippen LogP contribution is 2.34. The van der Waals surface area contributed by atoms with Crippen LogP contribution in [-0.4, -0.2) is 93.2 Å². The molecule has 8 rings (SSSR count). The first-order chi connectivity index (χ1) is 23.1. The summed E-state index contributed by atoms with van der Waals surface area (Å²) in [5.74, 6) is 2.05. The zero-order valence-electron chi connectivity index (χ0n) is 26.6. The fourth-order valence-corrected chi connectivity index (χ4v) is 7.50. The molecule has 6 heterocycles. The lowest BCUT2D eigenvalue weighted by Crippen LogP contribution is -2.38.